The molecule has 0 saturated heterocycles. The minimum absolute atomic E-state index is 0.473. The molecule has 2 rings (SSSR count). The summed E-state index contributed by atoms with van der Waals surface area (Å²) < 4.78 is 10.8. The Hall–Kier alpha value is -1.76. The summed E-state index contributed by atoms with van der Waals surface area (Å²) in [5.41, 5.74) is 2.30. The van der Waals surface area contributed by atoms with E-state index in [4.69, 9.17) is 4.89 Å². The van der Waals surface area contributed by atoms with Gasteiger partial charge in [-0.15, -0.1) is 0 Å². The van der Waals surface area contributed by atoms with Crippen LogP contribution in [0.3, 0.4) is 0 Å². The summed E-state index contributed by atoms with van der Waals surface area (Å²) in [6.45, 7) is 0. The molecule has 1 atom stereocenters. The van der Waals surface area contributed by atoms with Crippen LogP contribution in [-0.2, 0) is 11.0 Å². The van der Waals surface area contributed by atoms with Crippen molar-refractivity contribution in [3.8, 4) is 0 Å². The van der Waals surface area contributed by atoms with Crippen molar-refractivity contribution in [3.05, 3.63) is 71.8 Å². The Morgan fingerprint density at radius 3 is 2.28 bits per heavy atom. The maximum atomic E-state index is 10.8. The molecule has 0 spiro atoms. The van der Waals surface area contributed by atoms with E-state index in [1.807, 2.05) is 30.3 Å². The predicted octanol–water partition coefficient (Wildman–Crippen LogP) is 3.30. The van der Waals surface area contributed by atoms with Crippen molar-refractivity contribution in [3.63, 3.8) is 0 Å². The van der Waals surface area contributed by atoms with Crippen molar-refractivity contribution in [1.82, 2.24) is 0 Å². The third-order valence-electron chi connectivity index (χ3n) is 2.62. The van der Waals surface area contributed by atoms with Crippen molar-refractivity contribution in [2.24, 2.45) is 0 Å². The molecule has 0 bridgehead atoms. The van der Waals surface area contributed by atoms with E-state index in [1.165, 1.54) is 5.56 Å². The Labute approximate surface area is 107 Å². The zero-order valence-electron chi connectivity index (χ0n) is 9.86. The molecule has 0 saturated carbocycles. The summed E-state index contributed by atoms with van der Waals surface area (Å²) in [6, 6.07) is 17.3. The average molecular weight is 257 g/mol. The molecule has 2 aromatic carbocycles. The molecule has 1 unspecified atom stereocenters. The molecule has 0 heterocycles. The van der Waals surface area contributed by atoms with Crippen LogP contribution in [0.5, 0.6) is 0 Å². The lowest BCUT2D eigenvalue weighted by atomic mass is 10.1. The first-order valence-corrected chi connectivity index (χ1v) is 6.93. The van der Waals surface area contributed by atoms with Gasteiger partial charge in [0.1, 0.15) is 0 Å². The highest BCUT2D eigenvalue weighted by atomic mass is 31.1. The second kappa shape index (κ2) is 6.25. The van der Waals surface area contributed by atoms with E-state index in [9.17, 15) is 4.57 Å². The Morgan fingerprint density at radius 1 is 1.00 bits per heavy atom. The number of allylic oxidation sites excluding steroid dienone is 1. The minimum atomic E-state index is -2.23. The molecular weight excluding hydrogens is 243 g/mol. The number of benzene rings is 2. The molecule has 0 aromatic heterocycles. The molecule has 0 aliphatic heterocycles. The minimum Gasteiger partial charge on any atom is -0.156 e. The van der Waals surface area contributed by atoms with Crippen LogP contribution < -0.4 is 5.30 Å². The average Bonchev–Trinajstić information content (AvgIpc) is 2.40. The smallest absolute Gasteiger partial charge is 0.156 e. The van der Waals surface area contributed by atoms with E-state index in [0.717, 1.165) is 12.0 Å². The van der Waals surface area contributed by atoms with Gasteiger partial charge in [0.2, 0.25) is 5.30 Å². The Kier molecular flexibility index (Phi) is 4.40. The summed E-state index contributed by atoms with van der Waals surface area (Å²) in [5, 5.41) is 0.473. The van der Waals surface area contributed by atoms with Gasteiger partial charge in [-0.3, -0.25) is 0 Å². The van der Waals surface area contributed by atoms with Gasteiger partial charge in [-0.25, -0.2) is 0 Å². The summed E-state index contributed by atoms with van der Waals surface area (Å²) in [5.74, 6) is 0. The van der Waals surface area contributed by atoms with E-state index < -0.39 is 8.03 Å². The lowest BCUT2D eigenvalue weighted by molar-refractivity contribution is 0.513. The second-order valence-corrected chi connectivity index (χ2v) is 5.02. The third-order valence-corrected chi connectivity index (χ3v) is 3.36. The summed E-state index contributed by atoms with van der Waals surface area (Å²) in [7, 11) is -2.23. The topological polar surface area (TPSA) is 37.3 Å². The fourth-order valence-corrected chi connectivity index (χ4v) is 2.06. The molecule has 2 aromatic rings. The van der Waals surface area contributed by atoms with Gasteiger partial charge in [0.15, 0.2) is 0 Å². The summed E-state index contributed by atoms with van der Waals surface area (Å²) >= 11 is 0. The van der Waals surface area contributed by atoms with Gasteiger partial charge in [0, 0.05) is 0 Å². The van der Waals surface area contributed by atoms with Gasteiger partial charge < -0.3 is 0 Å². The molecule has 0 aliphatic rings. The van der Waals surface area contributed by atoms with Crippen LogP contribution in [0.25, 0.3) is 6.08 Å². The number of rotatable bonds is 4. The summed E-state index contributed by atoms with van der Waals surface area (Å²) in [6.07, 6.45) is 4.97. The Bertz CT molecular complexity index is 544. The third kappa shape index (κ3) is 3.63. The fourth-order valence-electron chi connectivity index (χ4n) is 1.65. The fraction of sp³-hybridized carbons (Fsp3) is 0.0667. The van der Waals surface area contributed by atoms with Crippen LogP contribution in [0.15, 0.2) is 60.7 Å². The maximum absolute atomic E-state index is 10.8. The van der Waals surface area contributed by atoms with Crippen molar-refractivity contribution >= 4 is 19.4 Å². The first kappa shape index (κ1) is 12.7. The highest BCUT2D eigenvalue weighted by molar-refractivity contribution is 7.47. The molecular formula is C15H14O2P+. The molecule has 0 aliphatic carbocycles. The van der Waals surface area contributed by atoms with Gasteiger partial charge in [0.05, 0.1) is 0 Å². The second-order valence-electron chi connectivity index (χ2n) is 3.96. The van der Waals surface area contributed by atoms with Crippen LogP contribution in [-0.4, -0.2) is 4.89 Å². The summed E-state index contributed by atoms with van der Waals surface area (Å²) in [4.78, 5) is 8.93. The van der Waals surface area contributed by atoms with E-state index in [0.29, 0.717) is 5.30 Å². The molecule has 0 radical (unpaired) electrons. The van der Waals surface area contributed by atoms with Crippen LogP contribution in [0.1, 0.15) is 11.1 Å². The lowest BCUT2D eigenvalue weighted by Gasteiger charge is -1.95. The van der Waals surface area contributed by atoms with E-state index >= 15 is 0 Å². The molecule has 2 nitrogen and oxygen atoms in total. The van der Waals surface area contributed by atoms with Crippen LogP contribution in [0.4, 0.5) is 0 Å². The number of hydrogen-bond donors (Lipinski definition) is 1. The standard InChI is InChI=1S/C15H13O2P/c16-18(17)15-11-9-14(10-12-15)8-4-7-13-5-2-1-3-6-13/h1-7,9-12H,8H2/p+1. The van der Waals surface area contributed by atoms with Crippen molar-refractivity contribution in [2.45, 2.75) is 6.42 Å². The molecule has 90 valence electrons. The predicted molar refractivity (Wildman–Crippen MR) is 75.1 cm³/mol. The van der Waals surface area contributed by atoms with Gasteiger partial charge in [0.25, 0.3) is 0 Å². The van der Waals surface area contributed by atoms with E-state index in [2.05, 4.69) is 24.3 Å². The highest BCUT2D eigenvalue weighted by Crippen LogP contribution is 2.13. The van der Waals surface area contributed by atoms with Crippen molar-refractivity contribution < 1.29 is 9.46 Å². The molecule has 18 heavy (non-hydrogen) atoms. The first-order valence-electron chi connectivity index (χ1n) is 5.72. The quantitative estimate of drug-likeness (QED) is 0.853. The monoisotopic (exact) mass is 257 g/mol. The van der Waals surface area contributed by atoms with Gasteiger partial charge >= 0.3 is 8.03 Å². The number of hydrogen-bond acceptors (Lipinski definition) is 1. The van der Waals surface area contributed by atoms with Crippen molar-refractivity contribution in [2.75, 3.05) is 0 Å². The van der Waals surface area contributed by atoms with E-state index in [-0.39, 0.29) is 0 Å². The zero-order chi connectivity index (χ0) is 12.8. The van der Waals surface area contributed by atoms with Crippen LogP contribution >= 0.6 is 8.03 Å². The Balaban J connectivity index is 1.98. The van der Waals surface area contributed by atoms with E-state index in [1.54, 1.807) is 12.1 Å². The Morgan fingerprint density at radius 2 is 1.67 bits per heavy atom. The molecule has 0 fully saturated rings. The highest BCUT2D eigenvalue weighted by Gasteiger charge is 2.14. The molecule has 3 heteroatoms. The van der Waals surface area contributed by atoms with Crippen LogP contribution in [0, 0.1) is 0 Å². The largest absolute Gasteiger partial charge is 0.546 e. The SMILES string of the molecule is O=[P+](O)c1ccc(CC=Cc2ccccc2)cc1. The first-order chi connectivity index (χ1) is 8.75. The van der Waals surface area contributed by atoms with Crippen molar-refractivity contribution in [1.29, 1.82) is 0 Å². The maximum Gasteiger partial charge on any atom is 0.546 e. The molecule has 1 N–H and O–H groups in total. The van der Waals surface area contributed by atoms with Gasteiger partial charge in [-0.05, 0) is 34.2 Å². The molecule has 0 amide bonds. The van der Waals surface area contributed by atoms with Crippen LogP contribution in [0.2, 0.25) is 0 Å². The zero-order valence-corrected chi connectivity index (χ0v) is 10.8. The normalized spacial score (nSPS) is 11.7. The lowest BCUT2D eigenvalue weighted by Crippen LogP contribution is -1.95. The van der Waals surface area contributed by atoms with Gasteiger partial charge in [-0.2, -0.15) is 4.89 Å². The van der Waals surface area contributed by atoms with Gasteiger partial charge in [-0.1, -0.05) is 54.6 Å².